The van der Waals surface area contributed by atoms with Crippen molar-refractivity contribution in [1.29, 1.82) is 0 Å². The third kappa shape index (κ3) is 5.87. The van der Waals surface area contributed by atoms with Crippen LogP contribution in [0.25, 0.3) is 0 Å². The zero-order valence-electron chi connectivity index (χ0n) is 14.1. The summed E-state index contributed by atoms with van der Waals surface area (Å²) in [7, 11) is 0. The molecule has 1 atom stereocenters. The number of rotatable bonds is 7. The lowest BCUT2D eigenvalue weighted by Gasteiger charge is -2.13. The van der Waals surface area contributed by atoms with Crippen LogP contribution in [0, 0.1) is 6.92 Å². The van der Waals surface area contributed by atoms with Gasteiger partial charge in [0.25, 0.3) is 5.91 Å². The monoisotopic (exact) mass is 348 g/mol. The number of para-hydroxylation sites is 1. The van der Waals surface area contributed by atoms with Gasteiger partial charge in [-0.3, -0.25) is 4.79 Å². The number of benzene rings is 2. The highest BCUT2D eigenvalue weighted by molar-refractivity contribution is 5.96. The number of carbonyl (C=O) groups excluding carboxylic acids is 1. The van der Waals surface area contributed by atoms with Crippen LogP contribution in [0.4, 0.5) is 0 Å². The van der Waals surface area contributed by atoms with E-state index in [4.69, 9.17) is 10.5 Å². The Bertz CT molecular complexity index is 659. The van der Waals surface area contributed by atoms with Gasteiger partial charge in [0.1, 0.15) is 12.4 Å². The molecular formula is C19H25ClN2O2. The maximum absolute atomic E-state index is 12.3. The highest BCUT2D eigenvalue weighted by Gasteiger charge is 2.12. The molecule has 24 heavy (non-hydrogen) atoms. The lowest BCUT2D eigenvalue weighted by Crippen LogP contribution is -2.29. The molecule has 0 spiro atoms. The van der Waals surface area contributed by atoms with Gasteiger partial charge in [-0.2, -0.15) is 0 Å². The zero-order valence-corrected chi connectivity index (χ0v) is 14.9. The van der Waals surface area contributed by atoms with Crippen molar-refractivity contribution in [1.82, 2.24) is 5.32 Å². The number of aryl methyl sites for hydroxylation is 1. The number of nitrogens with two attached hydrogens (primary N) is 1. The second-order valence-electron chi connectivity index (χ2n) is 5.73. The quantitative estimate of drug-likeness (QED) is 0.805. The van der Waals surface area contributed by atoms with E-state index >= 15 is 0 Å². The van der Waals surface area contributed by atoms with Crippen molar-refractivity contribution in [3.63, 3.8) is 0 Å². The molecule has 0 aliphatic heterocycles. The Morgan fingerprint density at radius 2 is 1.83 bits per heavy atom. The van der Waals surface area contributed by atoms with Crippen molar-refractivity contribution in [2.24, 2.45) is 5.73 Å². The van der Waals surface area contributed by atoms with Gasteiger partial charge >= 0.3 is 0 Å². The normalized spacial score (nSPS) is 11.3. The van der Waals surface area contributed by atoms with E-state index in [0.29, 0.717) is 24.5 Å². The van der Waals surface area contributed by atoms with Crippen molar-refractivity contribution in [3.05, 3.63) is 65.2 Å². The standard InChI is InChI=1S/C19H24N2O2.ClH/c1-14-7-3-4-8-16(14)13-23-18-10-6-5-9-17(18)19(22)21-12-11-15(2)20;/h3-10,15H,11-13,20H2,1-2H3,(H,21,22);1H. The number of carbonyl (C=O) groups is 1. The summed E-state index contributed by atoms with van der Waals surface area (Å²) in [6.07, 6.45) is 0.748. The third-order valence-electron chi connectivity index (χ3n) is 3.66. The Kier molecular flexibility index (Phi) is 8.30. The van der Waals surface area contributed by atoms with E-state index in [1.807, 2.05) is 56.3 Å². The fourth-order valence-corrected chi connectivity index (χ4v) is 2.22. The first kappa shape index (κ1) is 20.0. The molecule has 2 rings (SSSR count). The van der Waals surface area contributed by atoms with E-state index in [9.17, 15) is 4.79 Å². The Hall–Kier alpha value is -2.04. The largest absolute Gasteiger partial charge is 0.488 e. The molecule has 0 aromatic heterocycles. The van der Waals surface area contributed by atoms with Crippen LogP contribution in [0.1, 0.15) is 34.8 Å². The summed E-state index contributed by atoms with van der Waals surface area (Å²) in [6.45, 7) is 4.97. The van der Waals surface area contributed by atoms with Crippen LogP contribution in [0.2, 0.25) is 0 Å². The fourth-order valence-electron chi connectivity index (χ4n) is 2.22. The molecular weight excluding hydrogens is 324 g/mol. The summed E-state index contributed by atoms with van der Waals surface area (Å²) in [6, 6.07) is 15.4. The third-order valence-corrected chi connectivity index (χ3v) is 3.66. The summed E-state index contributed by atoms with van der Waals surface area (Å²) >= 11 is 0. The van der Waals surface area contributed by atoms with Crippen LogP contribution in [0.5, 0.6) is 5.75 Å². The Balaban J connectivity index is 0.00000288. The number of halogens is 1. The summed E-state index contributed by atoms with van der Waals surface area (Å²) < 4.78 is 5.87. The summed E-state index contributed by atoms with van der Waals surface area (Å²) in [5, 5.41) is 2.88. The van der Waals surface area contributed by atoms with E-state index in [-0.39, 0.29) is 24.4 Å². The molecule has 0 fully saturated rings. The molecule has 0 radical (unpaired) electrons. The molecule has 0 aliphatic carbocycles. The molecule has 0 aliphatic rings. The predicted octanol–water partition coefficient (Wildman–Crippen LogP) is 3.46. The van der Waals surface area contributed by atoms with Gasteiger partial charge in [-0.05, 0) is 43.5 Å². The first-order chi connectivity index (χ1) is 11.1. The van der Waals surface area contributed by atoms with Crippen molar-refractivity contribution in [3.8, 4) is 5.75 Å². The van der Waals surface area contributed by atoms with E-state index in [1.165, 1.54) is 5.56 Å². The van der Waals surface area contributed by atoms with E-state index in [0.717, 1.165) is 12.0 Å². The molecule has 0 saturated carbocycles. The van der Waals surface area contributed by atoms with Crippen LogP contribution in [0.3, 0.4) is 0 Å². The number of hydrogen-bond donors (Lipinski definition) is 2. The van der Waals surface area contributed by atoms with Crippen LogP contribution < -0.4 is 15.8 Å². The molecule has 0 heterocycles. The van der Waals surface area contributed by atoms with Gasteiger partial charge in [0.2, 0.25) is 0 Å². The molecule has 2 aromatic carbocycles. The predicted molar refractivity (Wildman–Crippen MR) is 99.8 cm³/mol. The SMILES string of the molecule is Cc1ccccc1COc1ccccc1C(=O)NCCC(C)N.Cl. The average Bonchev–Trinajstić information content (AvgIpc) is 2.54. The van der Waals surface area contributed by atoms with Gasteiger partial charge in [-0.25, -0.2) is 0 Å². The average molecular weight is 349 g/mol. The van der Waals surface area contributed by atoms with Crippen molar-refractivity contribution in [2.45, 2.75) is 32.9 Å². The van der Waals surface area contributed by atoms with Crippen LogP contribution in [0.15, 0.2) is 48.5 Å². The second kappa shape index (κ2) is 9.96. The van der Waals surface area contributed by atoms with Gasteiger partial charge in [0.05, 0.1) is 5.56 Å². The van der Waals surface area contributed by atoms with E-state index in [1.54, 1.807) is 6.07 Å². The van der Waals surface area contributed by atoms with Crippen molar-refractivity contribution in [2.75, 3.05) is 6.54 Å². The molecule has 4 nitrogen and oxygen atoms in total. The second-order valence-corrected chi connectivity index (χ2v) is 5.73. The minimum atomic E-state index is -0.133. The lowest BCUT2D eigenvalue weighted by molar-refractivity contribution is 0.0948. The molecule has 1 unspecified atom stereocenters. The Morgan fingerprint density at radius 1 is 1.17 bits per heavy atom. The number of ether oxygens (including phenoxy) is 1. The van der Waals surface area contributed by atoms with Gasteiger partial charge < -0.3 is 15.8 Å². The maximum atomic E-state index is 12.3. The molecule has 5 heteroatoms. The molecule has 0 bridgehead atoms. The Morgan fingerprint density at radius 3 is 2.54 bits per heavy atom. The number of hydrogen-bond acceptors (Lipinski definition) is 3. The van der Waals surface area contributed by atoms with Gasteiger partial charge in [-0.15, -0.1) is 12.4 Å². The van der Waals surface area contributed by atoms with Crippen molar-refractivity contribution >= 4 is 18.3 Å². The zero-order chi connectivity index (χ0) is 16.7. The molecule has 1 amide bonds. The highest BCUT2D eigenvalue weighted by Crippen LogP contribution is 2.20. The van der Waals surface area contributed by atoms with E-state index < -0.39 is 0 Å². The van der Waals surface area contributed by atoms with Gasteiger partial charge in [0, 0.05) is 12.6 Å². The molecule has 3 N–H and O–H groups in total. The number of nitrogens with one attached hydrogen (secondary N) is 1. The lowest BCUT2D eigenvalue weighted by atomic mass is 10.1. The van der Waals surface area contributed by atoms with Gasteiger partial charge in [-0.1, -0.05) is 36.4 Å². The topological polar surface area (TPSA) is 64.3 Å². The van der Waals surface area contributed by atoms with Crippen LogP contribution >= 0.6 is 12.4 Å². The van der Waals surface area contributed by atoms with Crippen LogP contribution in [-0.4, -0.2) is 18.5 Å². The fraction of sp³-hybridized carbons (Fsp3) is 0.316. The van der Waals surface area contributed by atoms with E-state index in [2.05, 4.69) is 5.32 Å². The van der Waals surface area contributed by atoms with Gasteiger partial charge in [0.15, 0.2) is 0 Å². The Labute approximate surface area is 149 Å². The first-order valence-electron chi connectivity index (χ1n) is 7.88. The highest BCUT2D eigenvalue weighted by atomic mass is 35.5. The minimum absolute atomic E-state index is 0. The molecule has 0 saturated heterocycles. The molecule has 2 aromatic rings. The first-order valence-corrected chi connectivity index (χ1v) is 7.88. The summed E-state index contributed by atoms with van der Waals surface area (Å²) in [5.41, 5.74) is 8.53. The van der Waals surface area contributed by atoms with Crippen LogP contribution in [-0.2, 0) is 6.61 Å². The summed E-state index contributed by atoms with van der Waals surface area (Å²) in [5.74, 6) is 0.458. The maximum Gasteiger partial charge on any atom is 0.255 e. The summed E-state index contributed by atoms with van der Waals surface area (Å²) in [4.78, 5) is 12.3. The molecule has 130 valence electrons. The van der Waals surface area contributed by atoms with Crippen molar-refractivity contribution < 1.29 is 9.53 Å². The smallest absolute Gasteiger partial charge is 0.255 e. The minimum Gasteiger partial charge on any atom is -0.488 e. The number of amides is 1.